The summed E-state index contributed by atoms with van der Waals surface area (Å²) < 4.78 is 5.34. The predicted molar refractivity (Wildman–Crippen MR) is 99.0 cm³/mol. The summed E-state index contributed by atoms with van der Waals surface area (Å²) in [5.74, 6) is 0.630. The highest BCUT2D eigenvalue weighted by molar-refractivity contribution is 7.16. The van der Waals surface area contributed by atoms with E-state index in [1.54, 1.807) is 11.3 Å². The molecule has 6 heteroatoms. The normalized spacial score (nSPS) is 21.4. The zero-order valence-corrected chi connectivity index (χ0v) is 16.2. The van der Waals surface area contributed by atoms with Crippen LogP contribution in [0.4, 0.5) is 5.00 Å². The molecule has 0 aromatic carbocycles. The fourth-order valence-corrected chi connectivity index (χ4v) is 5.06. The summed E-state index contributed by atoms with van der Waals surface area (Å²) in [5.41, 5.74) is 2.14. The lowest BCUT2D eigenvalue weighted by atomic mass is 9.72. The van der Waals surface area contributed by atoms with Gasteiger partial charge in [0.05, 0.1) is 18.8 Å². The number of rotatable bonds is 3. The highest BCUT2D eigenvalue weighted by Crippen LogP contribution is 2.43. The quantitative estimate of drug-likeness (QED) is 0.859. The average Bonchev–Trinajstić information content (AvgIpc) is 2.90. The van der Waals surface area contributed by atoms with Gasteiger partial charge < -0.3 is 15.0 Å². The summed E-state index contributed by atoms with van der Waals surface area (Å²) in [6.45, 7) is 10.5. The third-order valence-electron chi connectivity index (χ3n) is 5.47. The summed E-state index contributed by atoms with van der Waals surface area (Å²) in [6.07, 6.45) is 3.08. The van der Waals surface area contributed by atoms with Gasteiger partial charge in [-0.25, -0.2) is 0 Å². The number of thiophene rings is 1. The summed E-state index contributed by atoms with van der Waals surface area (Å²) in [7, 11) is 0. The van der Waals surface area contributed by atoms with Gasteiger partial charge in [0.15, 0.2) is 6.54 Å². The number of quaternary nitrogens is 1. The minimum Gasteiger partial charge on any atom is -0.370 e. The largest absolute Gasteiger partial charge is 0.370 e. The summed E-state index contributed by atoms with van der Waals surface area (Å²) in [6, 6.07) is 2.34. The Kier molecular flexibility index (Phi) is 5.47. The zero-order valence-electron chi connectivity index (χ0n) is 15.4. The van der Waals surface area contributed by atoms with Crippen molar-refractivity contribution in [3.05, 3.63) is 16.0 Å². The number of amides is 1. The molecule has 136 valence electrons. The smallest absolute Gasteiger partial charge is 0.280 e. The maximum Gasteiger partial charge on any atom is 0.280 e. The van der Waals surface area contributed by atoms with Crippen LogP contribution in [0.3, 0.4) is 0 Å². The Morgan fingerprint density at radius 1 is 1.40 bits per heavy atom. The molecule has 5 nitrogen and oxygen atoms in total. The summed E-state index contributed by atoms with van der Waals surface area (Å²) >= 11 is 1.61. The van der Waals surface area contributed by atoms with Crippen LogP contribution in [0, 0.1) is 22.7 Å². The van der Waals surface area contributed by atoms with Gasteiger partial charge in [-0.15, -0.1) is 11.3 Å². The first-order valence-corrected chi connectivity index (χ1v) is 9.96. The molecule has 0 unspecified atom stereocenters. The molecule has 2 aliphatic rings. The van der Waals surface area contributed by atoms with Crippen molar-refractivity contribution in [3.63, 3.8) is 0 Å². The second-order valence-corrected chi connectivity index (χ2v) is 9.32. The van der Waals surface area contributed by atoms with E-state index in [9.17, 15) is 10.1 Å². The van der Waals surface area contributed by atoms with Gasteiger partial charge in [-0.05, 0) is 36.2 Å². The van der Waals surface area contributed by atoms with Gasteiger partial charge in [-0.3, -0.25) is 4.79 Å². The molecule has 25 heavy (non-hydrogen) atoms. The lowest BCUT2D eigenvalue weighted by Gasteiger charge is -2.33. The van der Waals surface area contributed by atoms with Crippen LogP contribution in [0.15, 0.2) is 0 Å². The number of anilines is 1. The van der Waals surface area contributed by atoms with Crippen molar-refractivity contribution in [2.24, 2.45) is 11.3 Å². The molecule has 0 radical (unpaired) electrons. The molecule has 1 amide bonds. The molecule has 1 aromatic heterocycles. The maximum absolute atomic E-state index is 12.4. The standard InChI is InChI=1S/C19H27N3O2S/c1-19(2,3)13-4-5-14-15(11-20)18(25-16(14)10-13)21-17(23)12-22-6-8-24-9-7-22/h13H,4-10,12H2,1-3H3,(H,21,23)/p+1/t13-/m1/s1. The molecular weight excluding hydrogens is 334 g/mol. The molecule has 0 saturated carbocycles. The van der Waals surface area contributed by atoms with Crippen LogP contribution < -0.4 is 10.2 Å². The Labute approximate surface area is 154 Å². The number of hydrogen-bond acceptors (Lipinski definition) is 4. The molecule has 1 atom stereocenters. The Morgan fingerprint density at radius 2 is 2.12 bits per heavy atom. The van der Waals surface area contributed by atoms with Crippen molar-refractivity contribution >= 4 is 22.2 Å². The number of fused-ring (bicyclic) bond motifs is 1. The van der Waals surface area contributed by atoms with E-state index in [-0.39, 0.29) is 11.3 Å². The molecule has 0 bridgehead atoms. The lowest BCUT2D eigenvalue weighted by molar-refractivity contribution is -0.899. The fraction of sp³-hybridized carbons (Fsp3) is 0.684. The van der Waals surface area contributed by atoms with E-state index in [0.29, 0.717) is 31.2 Å². The molecule has 3 rings (SSSR count). The van der Waals surface area contributed by atoms with Crippen LogP contribution in [-0.2, 0) is 22.4 Å². The maximum atomic E-state index is 12.4. The van der Waals surface area contributed by atoms with E-state index in [1.165, 1.54) is 15.3 Å². The number of nitrogens with zero attached hydrogens (tertiary/aromatic N) is 1. The number of morpholine rings is 1. The Morgan fingerprint density at radius 3 is 2.76 bits per heavy atom. The van der Waals surface area contributed by atoms with Crippen LogP contribution in [0.1, 0.15) is 43.2 Å². The number of carbonyl (C=O) groups is 1. The molecule has 2 heterocycles. The molecule has 1 saturated heterocycles. The Bertz CT molecular complexity index is 678. The van der Waals surface area contributed by atoms with Crippen molar-refractivity contribution in [2.75, 3.05) is 38.2 Å². The second-order valence-electron chi connectivity index (χ2n) is 8.21. The van der Waals surface area contributed by atoms with Crippen molar-refractivity contribution in [2.45, 2.75) is 40.0 Å². The molecule has 0 spiro atoms. The van der Waals surface area contributed by atoms with E-state index in [2.05, 4.69) is 32.2 Å². The van der Waals surface area contributed by atoms with E-state index in [0.717, 1.165) is 37.4 Å². The van der Waals surface area contributed by atoms with Gasteiger partial charge in [-0.1, -0.05) is 20.8 Å². The highest BCUT2D eigenvalue weighted by atomic mass is 32.1. The van der Waals surface area contributed by atoms with Crippen LogP contribution in [-0.4, -0.2) is 38.8 Å². The molecule has 2 N–H and O–H groups in total. The topological polar surface area (TPSA) is 66.6 Å². The first-order valence-electron chi connectivity index (χ1n) is 9.14. The van der Waals surface area contributed by atoms with E-state index < -0.39 is 0 Å². The average molecular weight is 363 g/mol. The molecule has 1 fully saturated rings. The monoisotopic (exact) mass is 362 g/mol. The van der Waals surface area contributed by atoms with Gasteiger partial charge in [0.1, 0.15) is 24.2 Å². The molecular formula is C19H28N3O2S+. The van der Waals surface area contributed by atoms with Crippen LogP contribution >= 0.6 is 11.3 Å². The highest BCUT2D eigenvalue weighted by Gasteiger charge is 2.32. The van der Waals surface area contributed by atoms with Crippen molar-refractivity contribution < 1.29 is 14.4 Å². The van der Waals surface area contributed by atoms with Gasteiger partial charge >= 0.3 is 0 Å². The first kappa shape index (κ1) is 18.4. The van der Waals surface area contributed by atoms with Gasteiger partial charge in [-0.2, -0.15) is 5.26 Å². The minimum atomic E-state index is -0.000585. The van der Waals surface area contributed by atoms with Gasteiger partial charge in [0, 0.05) is 4.88 Å². The lowest BCUT2D eigenvalue weighted by Crippen LogP contribution is -3.15. The fourth-order valence-electron chi connectivity index (χ4n) is 3.77. The molecule has 1 aromatic rings. The Hall–Kier alpha value is -1.42. The third kappa shape index (κ3) is 4.22. The third-order valence-corrected chi connectivity index (χ3v) is 6.64. The van der Waals surface area contributed by atoms with Crippen molar-refractivity contribution in [1.29, 1.82) is 5.26 Å². The minimum absolute atomic E-state index is 0.000585. The second kappa shape index (κ2) is 7.45. The van der Waals surface area contributed by atoms with Crippen LogP contribution in [0.2, 0.25) is 0 Å². The summed E-state index contributed by atoms with van der Waals surface area (Å²) in [5, 5.41) is 13.4. The van der Waals surface area contributed by atoms with Crippen LogP contribution in [0.25, 0.3) is 0 Å². The van der Waals surface area contributed by atoms with Crippen LogP contribution in [0.5, 0.6) is 0 Å². The summed E-state index contributed by atoms with van der Waals surface area (Å²) in [4.78, 5) is 14.9. The molecule has 1 aliphatic carbocycles. The van der Waals surface area contributed by atoms with E-state index in [4.69, 9.17) is 4.74 Å². The van der Waals surface area contributed by atoms with E-state index in [1.807, 2.05) is 0 Å². The number of hydrogen-bond donors (Lipinski definition) is 2. The zero-order chi connectivity index (χ0) is 18.0. The first-order chi connectivity index (χ1) is 11.9. The SMILES string of the molecule is CC(C)(C)[C@@H]1CCc2c(sc(NC(=O)C[NH+]3CCOCC3)c2C#N)C1. The van der Waals surface area contributed by atoms with Crippen molar-refractivity contribution in [3.8, 4) is 6.07 Å². The van der Waals surface area contributed by atoms with Crippen molar-refractivity contribution in [1.82, 2.24) is 0 Å². The number of carbonyl (C=O) groups excluding carboxylic acids is 1. The number of ether oxygens (including phenoxy) is 1. The molecule has 1 aliphatic heterocycles. The Balaban J connectivity index is 1.71. The number of nitrogens with one attached hydrogen (secondary N) is 2. The predicted octanol–water partition coefficient (Wildman–Crippen LogP) is 1.62. The van der Waals surface area contributed by atoms with Gasteiger partial charge in [0.2, 0.25) is 0 Å². The van der Waals surface area contributed by atoms with Gasteiger partial charge in [0.25, 0.3) is 5.91 Å². The van der Waals surface area contributed by atoms with E-state index >= 15 is 0 Å². The number of nitriles is 1.